The summed E-state index contributed by atoms with van der Waals surface area (Å²) < 4.78 is 0. The van der Waals surface area contributed by atoms with Gasteiger partial charge in [0, 0.05) is 38.6 Å². The number of hydrogen-bond acceptors (Lipinski definition) is 6. The molecule has 0 spiro atoms. The Bertz CT molecular complexity index is 779. The zero-order valence-electron chi connectivity index (χ0n) is 15.6. The van der Waals surface area contributed by atoms with Gasteiger partial charge < -0.3 is 4.90 Å². The van der Waals surface area contributed by atoms with Crippen molar-refractivity contribution in [3.63, 3.8) is 0 Å². The van der Waals surface area contributed by atoms with E-state index in [2.05, 4.69) is 15.4 Å². The first-order chi connectivity index (χ1) is 12.4. The number of nitrogens with zero attached hydrogens (tertiary/aromatic N) is 5. The molecule has 1 heterocycles. The van der Waals surface area contributed by atoms with Crippen LogP contribution in [0.4, 0.5) is 11.5 Å². The van der Waals surface area contributed by atoms with Crippen molar-refractivity contribution in [3.05, 3.63) is 47.9 Å². The number of carbonyl (C=O) groups excluding carboxylic acids is 1. The Labute approximate surface area is 154 Å². The van der Waals surface area contributed by atoms with E-state index in [9.17, 15) is 4.79 Å². The van der Waals surface area contributed by atoms with Gasteiger partial charge in [0.25, 0.3) is 0 Å². The third-order valence-corrected chi connectivity index (χ3v) is 3.64. The van der Waals surface area contributed by atoms with Gasteiger partial charge in [-0.1, -0.05) is 26.0 Å². The first-order valence-corrected chi connectivity index (χ1v) is 8.45. The van der Waals surface area contributed by atoms with Gasteiger partial charge in [0.1, 0.15) is 6.07 Å². The molecule has 0 fully saturated rings. The summed E-state index contributed by atoms with van der Waals surface area (Å²) in [4.78, 5) is 22.5. The van der Waals surface area contributed by atoms with E-state index in [0.717, 1.165) is 11.3 Å². The lowest BCUT2D eigenvalue weighted by Gasteiger charge is -2.26. The van der Waals surface area contributed by atoms with Crippen LogP contribution >= 0.6 is 0 Å². The highest BCUT2D eigenvalue weighted by atomic mass is 16.2. The average molecular weight is 352 g/mol. The SMILES string of the molecule is CC(C)CN(NC(=O)Cc1ccc(N(C)C)cc1)c1ccnc(C#N)n1. The van der Waals surface area contributed by atoms with E-state index < -0.39 is 0 Å². The van der Waals surface area contributed by atoms with Crippen molar-refractivity contribution < 1.29 is 4.79 Å². The molecule has 0 bridgehead atoms. The molecule has 1 N–H and O–H groups in total. The number of rotatable bonds is 7. The molecular weight excluding hydrogens is 328 g/mol. The molecule has 2 rings (SSSR count). The largest absolute Gasteiger partial charge is 0.378 e. The molecule has 136 valence electrons. The maximum Gasteiger partial charge on any atom is 0.242 e. The molecule has 7 nitrogen and oxygen atoms in total. The molecule has 0 saturated heterocycles. The molecule has 1 amide bonds. The lowest BCUT2D eigenvalue weighted by atomic mass is 10.1. The minimum absolute atomic E-state index is 0.0739. The molecule has 2 aromatic rings. The summed E-state index contributed by atoms with van der Waals surface area (Å²) >= 11 is 0. The predicted octanol–water partition coefficient (Wildman–Crippen LogP) is 2.15. The van der Waals surface area contributed by atoms with Crippen LogP contribution in [0.5, 0.6) is 0 Å². The maximum absolute atomic E-state index is 12.5. The maximum atomic E-state index is 12.5. The van der Waals surface area contributed by atoms with Crippen molar-refractivity contribution in [2.75, 3.05) is 30.5 Å². The smallest absolute Gasteiger partial charge is 0.242 e. The molecule has 0 aliphatic carbocycles. The monoisotopic (exact) mass is 352 g/mol. The summed E-state index contributed by atoms with van der Waals surface area (Å²) in [5, 5.41) is 10.6. The van der Waals surface area contributed by atoms with E-state index in [-0.39, 0.29) is 18.2 Å². The third kappa shape index (κ3) is 5.45. The number of hydrogen-bond donors (Lipinski definition) is 1. The van der Waals surface area contributed by atoms with Crippen LogP contribution in [-0.4, -0.2) is 36.5 Å². The van der Waals surface area contributed by atoms with Crippen molar-refractivity contribution in [1.29, 1.82) is 5.26 Å². The molecule has 0 unspecified atom stereocenters. The van der Waals surface area contributed by atoms with Gasteiger partial charge in [-0.05, 0) is 23.6 Å². The van der Waals surface area contributed by atoms with Crippen LogP contribution in [0.3, 0.4) is 0 Å². The van der Waals surface area contributed by atoms with Crippen LogP contribution in [0.25, 0.3) is 0 Å². The van der Waals surface area contributed by atoms with E-state index >= 15 is 0 Å². The Kier molecular flexibility index (Phi) is 6.50. The van der Waals surface area contributed by atoms with Gasteiger partial charge in [-0.3, -0.25) is 15.2 Å². The highest BCUT2D eigenvalue weighted by Gasteiger charge is 2.14. The second-order valence-electron chi connectivity index (χ2n) is 6.63. The number of nitrogens with one attached hydrogen (secondary N) is 1. The molecule has 26 heavy (non-hydrogen) atoms. The number of carbonyl (C=O) groups is 1. The van der Waals surface area contributed by atoms with Gasteiger partial charge in [0.15, 0.2) is 5.82 Å². The highest BCUT2D eigenvalue weighted by molar-refractivity contribution is 5.80. The van der Waals surface area contributed by atoms with Crippen molar-refractivity contribution in [1.82, 2.24) is 15.4 Å². The van der Waals surface area contributed by atoms with E-state index in [0.29, 0.717) is 18.3 Å². The lowest BCUT2D eigenvalue weighted by molar-refractivity contribution is -0.120. The van der Waals surface area contributed by atoms with Crippen LogP contribution in [0.1, 0.15) is 25.2 Å². The number of aromatic nitrogens is 2. The molecule has 7 heteroatoms. The zero-order valence-corrected chi connectivity index (χ0v) is 15.6. The van der Waals surface area contributed by atoms with Gasteiger partial charge in [-0.25, -0.2) is 4.98 Å². The Hall–Kier alpha value is -3.14. The zero-order chi connectivity index (χ0) is 19.1. The Balaban J connectivity index is 2.09. The second-order valence-corrected chi connectivity index (χ2v) is 6.63. The lowest BCUT2D eigenvalue weighted by Crippen LogP contribution is -2.45. The molecule has 0 radical (unpaired) electrons. The topological polar surface area (TPSA) is 85.2 Å². The minimum Gasteiger partial charge on any atom is -0.378 e. The van der Waals surface area contributed by atoms with Gasteiger partial charge in [0.2, 0.25) is 11.7 Å². The molecule has 0 atom stereocenters. The Morgan fingerprint density at radius 3 is 2.50 bits per heavy atom. The number of anilines is 2. The molecule has 0 saturated carbocycles. The third-order valence-electron chi connectivity index (χ3n) is 3.64. The summed E-state index contributed by atoms with van der Waals surface area (Å²) in [5.74, 6) is 0.738. The first-order valence-electron chi connectivity index (χ1n) is 8.45. The Morgan fingerprint density at radius 2 is 1.92 bits per heavy atom. The number of nitriles is 1. The normalized spacial score (nSPS) is 10.3. The van der Waals surface area contributed by atoms with Gasteiger partial charge in [0.05, 0.1) is 6.42 Å². The molecular formula is C19H24N6O. The molecule has 0 aliphatic heterocycles. The van der Waals surface area contributed by atoms with E-state index in [4.69, 9.17) is 5.26 Å². The quantitative estimate of drug-likeness (QED) is 0.769. The number of amides is 1. The summed E-state index contributed by atoms with van der Waals surface area (Å²) in [6.45, 7) is 4.67. The van der Waals surface area contributed by atoms with Crippen LogP contribution < -0.4 is 15.3 Å². The number of hydrazine groups is 1. The van der Waals surface area contributed by atoms with Gasteiger partial charge >= 0.3 is 0 Å². The van der Waals surface area contributed by atoms with Crippen molar-refractivity contribution in [3.8, 4) is 6.07 Å². The van der Waals surface area contributed by atoms with Crippen molar-refractivity contribution >= 4 is 17.4 Å². The first kappa shape index (κ1) is 19.2. The summed E-state index contributed by atoms with van der Waals surface area (Å²) in [7, 11) is 3.95. The summed E-state index contributed by atoms with van der Waals surface area (Å²) in [6.07, 6.45) is 1.78. The average Bonchev–Trinajstić information content (AvgIpc) is 2.61. The fourth-order valence-corrected chi connectivity index (χ4v) is 2.40. The van der Waals surface area contributed by atoms with Gasteiger partial charge in [-0.15, -0.1) is 0 Å². The summed E-state index contributed by atoms with van der Waals surface area (Å²) in [5.41, 5.74) is 4.90. The van der Waals surface area contributed by atoms with E-state index in [1.54, 1.807) is 11.1 Å². The molecule has 1 aromatic heterocycles. The standard InChI is InChI=1S/C19H24N6O/c1-14(2)13-25(18-9-10-21-17(12-20)22-18)23-19(26)11-15-5-7-16(8-6-15)24(3)4/h5-10,14H,11,13H2,1-4H3,(H,23,26). The van der Waals surface area contributed by atoms with Crippen LogP contribution in [-0.2, 0) is 11.2 Å². The van der Waals surface area contributed by atoms with Gasteiger partial charge in [-0.2, -0.15) is 10.2 Å². The van der Waals surface area contributed by atoms with Crippen LogP contribution in [0.15, 0.2) is 36.5 Å². The van der Waals surface area contributed by atoms with E-state index in [1.807, 2.05) is 63.2 Å². The fourth-order valence-electron chi connectivity index (χ4n) is 2.40. The van der Waals surface area contributed by atoms with E-state index in [1.165, 1.54) is 6.20 Å². The Morgan fingerprint density at radius 1 is 1.23 bits per heavy atom. The second kappa shape index (κ2) is 8.81. The van der Waals surface area contributed by atoms with Crippen LogP contribution in [0, 0.1) is 17.2 Å². The summed E-state index contributed by atoms with van der Waals surface area (Å²) in [6, 6.07) is 11.5. The minimum atomic E-state index is -0.139. The molecule has 0 aliphatic rings. The number of benzene rings is 1. The van der Waals surface area contributed by atoms with Crippen molar-refractivity contribution in [2.45, 2.75) is 20.3 Å². The molecule has 1 aromatic carbocycles. The van der Waals surface area contributed by atoms with Crippen molar-refractivity contribution in [2.24, 2.45) is 5.92 Å². The predicted molar refractivity (Wildman–Crippen MR) is 102 cm³/mol. The highest BCUT2D eigenvalue weighted by Crippen LogP contribution is 2.14. The van der Waals surface area contributed by atoms with Crippen LogP contribution in [0.2, 0.25) is 0 Å². The fraction of sp³-hybridized carbons (Fsp3) is 0.368.